The van der Waals surface area contributed by atoms with E-state index >= 15 is 0 Å². The molecule has 11 heteroatoms. The molecule has 0 amide bonds. The van der Waals surface area contributed by atoms with Crippen molar-refractivity contribution in [1.82, 2.24) is 0 Å². The van der Waals surface area contributed by atoms with E-state index in [0.717, 1.165) is 23.3 Å². The molecule has 0 saturated heterocycles. The Bertz CT molecular complexity index is 1400. The molecule has 4 aromatic rings. The van der Waals surface area contributed by atoms with Crippen LogP contribution in [0.1, 0.15) is 31.8 Å². The molecule has 0 N–H and O–H groups in total. The first kappa shape index (κ1) is 27.6. The van der Waals surface area contributed by atoms with Crippen molar-refractivity contribution in [3.8, 4) is 0 Å². The standard InChI is InChI=1S/2C7H5NO4.2C7H7.Pb/c2*9-7(10)5-2-1-3-6(4-5)8(11)12;2*1-7-5-3-2-4-6-7;/h2*1-4H,(H,9,10);2*2-6H,1H2;/q;;;;+2/p-2. The third-order valence-corrected chi connectivity index (χ3v) is 17.5. The van der Waals surface area contributed by atoms with Crippen LogP contribution >= 0.6 is 0 Å². The SMILES string of the molecule is O=C([O][Pb]([CH2]c1ccccc1)([CH2]c1ccccc1)[O]C(=O)c1cccc([N+](=O)[O-])c1)c1cccc([N+](=O)[O-])c1. The summed E-state index contributed by atoms with van der Waals surface area (Å²) in [6.45, 7) is 0. The van der Waals surface area contributed by atoms with E-state index in [-0.39, 0.29) is 30.5 Å². The topological polar surface area (TPSA) is 139 Å². The summed E-state index contributed by atoms with van der Waals surface area (Å²) in [5.41, 5.74) is 0.864. The number of hydrogen-bond acceptors (Lipinski definition) is 8. The van der Waals surface area contributed by atoms with Crippen LogP contribution in [-0.4, -0.2) is 43.9 Å². The van der Waals surface area contributed by atoms with E-state index in [1.165, 1.54) is 36.4 Å². The molecule has 0 atom stereocenters. The molecule has 0 spiro atoms. The summed E-state index contributed by atoms with van der Waals surface area (Å²) in [5.74, 6) is -1.70. The van der Waals surface area contributed by atoms with Crippen molar-refractivity contribution in [2.45, 2.75) is 7.96 Å². The minimum atomic E-state index is -5.09. The zero-order chi connectivity index (χ0) is 27.8. The Balaban J connectivity index is 1.78. The molecule has 4 rings (SSSR count). The van der Waals surface area contributed by atoms with Crippen LogP contribution in [0.2, 0.25) is 0 Å². The Hall–Kier alpha value is -4.46. The first-order valence-corrected chi connectivity index (χ1v) is 20.5. The summed E-state index contributed by atoms with van der Waals surface area (Å²) < 4.78 is 12.6. The van der Waals surface area contributed by atoms with Crippen molar-refractivity contribution >= 4 is 45.4 Å². The Kier molecular flexibility index (Phi) is 8.76. The second kappa shape index (κ2) is 12.4. The van der Waals surface area contributed by atoms with Gasteiger partial charge in [0.05, 0.1) is 0 Å². The van der Waals surface area contributed by atoms with Crippen LogP contribution in [-0.2, 0) is 13.3 Å². The van der Waals surface area contributed by atoms with Gasteiger partial charge in [-0.15, -0.1) is 0 Å². The molecule has 0 heterocycles. The van der Waals surface area contributed by atoms with Crippen LogP contribution < -0.4 is 0 Å². The number of nitro benzene ring substituents is 2. The van der Waals surface area contributed by atoms with Gasteiger partial charge < -0.3 is 0 Å². The van der Waals surface area contributed by atoms with Crippen molar-refractivity contribution < 1.29 is 24.8 Å². The molecule has 196 valence electrons. The molecule has 0 aliphatic heterocycles. The Morgan fingerprint density at radius 2 is 0.974 bits per heavy atom. The molecular weight excluding hydrogens is 700 g/mol. The van der Waals surface area contributed by atoms with Crippen molar-refractivity contribution in [2.75, 3.05) is 0 Å². The van der Waals surface area contributed by atoms with Gasteiger partial charge in [-0.05, 0) is 0 Å². The zero-order valence-electron chi connectivity index (χ0n) is 20.5. The fraction of sp³-hybridized carbons (Fsp3) is 0.0714. The van der Waals surface area contributed by atoms with E-state index in [1.807, 2.05) is 36.4 Å². The monoisotopic (exact) mass is 722 g/mol. The van der Waals surface area contributed by atoms with Crippen LogP contribution in [0.15, 0.2) is 109 Å². The molecule has 0 saturated carbocycles. The fourth-order valence-corrected chi connectivity index (χ4v) is 16.0. The number of non-ortho nitro benzene ring substituents is 2. The van der Waals surface area contributed by atoms with Crippen LogP contribution in [0, 0.1) is 20.2 Å². The molecule has 0 unspecified atom stereocenters. The fourth-order valence-electron chi connectivity index (χ4n) is 3.99. The third kappa shape index (κ3) is 7.32. The van der Waals surface area contributed by atoms with Crippen LogP contribution in [0.25, 0.3) is 0 Å². The van der Waals surface area contributed by atoms with Gasteiger partial charge in [0.15, 0.2) is 0 Å². The van der Waals surface area contributed by atoms with E-state index in [4.69, 9.17) is 5.37 Å². The van der Waals surface area contributed by atoms with E-state index in [1.54, 1.807) is 24.3 Å². The summed E-state index contributed by atoms with van der Waals surface area (Å²) >= 11 is -5.09. The van der Waals surface area contributed by atoms with E-state index in [2.05, 4.69) is 0 Å². The summed E-state index contributed by atoms with van der Waals surface area (Å²) in [5, 5.41) is 22.5. The van der Waals surface area contributed by atoms with Gasteiger partial charge in [0.25, 0.3) is 0 Å². The molecule has 4 aromatic carbocycles. The summed E-state index contributed by atoms with van der Waals surface area (Å²) in [4.78, 5) is 48.1. The Labute approximate surface area is 229 Å². The normalized spacial score (nSPS) is 10.9. The quantitative estimate of drug-likeness (QED) is 0.119. The van der Waals surface area contributed by atoms with Gasteiger partial charge in [-0.3, -0.25) is 0 Å². The predicted octanol–water partition coefficient (Wildman–Crippen LogP) is 5.52. The predicted molar refractivity (Wildman–Crippen MR) is 143 cm³/mol. The van der Waals surface area contributed by atoms with Crippen molar-refractivity contribution in [1.29, 1.82) is 0 Å². The number of carbonyl (C=O) groups is 2. The van der Waals surface area contributed by atoms with Gasteiger partial charge in [-0.2, -0.15) is 0 Å². The first-order chi connectivity index (χ1) is 18.7. The zero-order valence-corrected chi connectivity index (χ0v) is 24.4. The van der Waals surface area contributed by atoms with E-state index < -0.39 is 43.9 Å². The van der Waals surface area contributed by atoms with Gasteiger partial charge in [0.2, 0.25) is 0 Å². The number of carbonyl (C=O) groups excluding carboxylic acids is 2. The molecule has 0 aliphatic carbocycles. The summed E-state index contributed by atoms with van der Waals surface area (Å²) in [6, 6.07) is 28.4. The van der Waals surface area contributed by atoms with Gasteiger partial charge >= 0.3 is 230 Å². The number of rotatable bonds is 10. The second-order valence-corrected chi connectivity index (χ2v) is 20.0. The Morgan fingerprint density at radius 1 is 0.590 bits per heavy atom. The van der Waals surface area contributed by atoms with E-state index in [9.17, 15) is 29.8 Å². The number of nitrogens with zero attached hydrogens (tertiary/aromatic N) is 2. The molecule has 0 aromatic heterocycles. The number of nitro groups is 2. The molecule has 0 aliphatic rings. The molecule has 10 nitrogen and oxygen atoms in total. The van der Waals surface area contributed by atoms with Gasteiger partial charge in [-0.1, -0.05) is 0 Å². The maximum atomic E-state index is 13.4. The average Bonchev–Trinajstić information content (AvgIpc) is 2.94. The van der Waals surface area contributed by atoms with Crippen molar-refractivity contribution in [3.05, 3.63) is 152 Å². The maximum absolute atomic E-state index is 13.4. The average molecular weight is 722 g/mol. The molecule has 39 heavy (non-hydrogen) atoms. The first-order valence-electron chi connectivity index (χ1n) is 11.8. The summed E-state index contributed by atoms with van der Waals surface area (Å²) in [6.07, 6.45) is 0. The molecular formula is C28H22N2O8Pb. The van der Waals surface area contributed by atoms with Gasteiger partial charge in [0, 0.05) is 0 Å². The van der Waals surface area contributed by atoms with Gasteiger partial charge in [-0.25, -0.2) is 0 Å². The van der Waals surface area contributed by atoms with Crippen molar-refractivity contribution in [2.24, 2.45) is 0 Å². The van der Waals surface area contributed by atoms with Crippen LogP contribution in [0.5, 0.6) is 0 Å². The van der Waals surface area contributed by atoms with E-state index in [0.29, 0.717) is 0 Å². The summed E-state index contributed by atoms with van der Waals surface area (Å²) in [7, 11) is 0. The Morgan fingerprint density at radius 3 is 1.33 bits per heavy atom. The molecule has 0 bridgehead atoms. The minimum absolute atomic E-state index is 0.0545. The van der Waals surface area contributed by atoms with Crippen LogP contribution in [0.4, 0.5) is 11.4 Å². The number of benzene rings is 4. The van der Waals surface area contributed by atoms with Gasteiger partial charge in [0.1, 0.15) is 0 Å². The number of hydrogen-bond donors (Lipinski definition) is 0. The molecule has 0 radical (unpaired) electrons. The third-order valence-electron chi connectivity index (χ3n) is 5.78. The molecule has 0 fully saturated rings. The van der Waals surface area contributed by atoms with Crippen molar-refractivity contribution in [3.63, 3.8) is 0 Å². The second-order valence-electron chi connectivity index (χ2n) is 8.63. The van der Waals surface area contributed by atoms with Crippen LogP contribution in [0.3, 0.4) is 0 Å².